The number of hydrogen-bond acceptors (Lipinski definition) is 7. The number of ether oxygens (including phenoxy) is 2. The molecule has 0 aliphatic carbocycles. The highest BCUT2D eigenvalue weighted by atomic mass is 32.1. The number of nitrogens with one attached hydrogen (secondary N) is 1. The minimum atomic E-state index is -0.188. The summed E-state index contributed by atoms with van der Waals surface area (Å²) in [5.41, 5.74) is 3.66. The van der Waals surface area contributed by atoms with E-state index in [1.807, 2.05) is 55.1 Å². The molecule has 1 N–H and O–H groups in total. The number of amides is 1. The van der Waals surface area contributed by atoms with Gasteiger partial charge in [-0.2, -0.15) is 5.10 Å². The lowest BCUT2D eigenvalue weighted by atomic mass is 10.1. The molecule has 32 heavy (non-hydrogen) atoms. The molecule has 5 rings (SSSR count). The number of thiazole rings is 1. The zero-order valence-electron chi connectivity index (χ0n) is 18.1. The van der Waals surface area contributed by atoms with Gasteiger partial charge >= 0.3 is 0 Å². The van der Waals surface area contributed by atoms with Crippen LogP contribution in [0.1, 0.15) is 40.9 Å². The van der Waals surface area contributed by atoms with E-state index in [9.17, 15) is 4.79 Å². The van der Waals surface area contributed by atoms with Crippen LogP contribution in [-0.4, -0.2) is 38.9 Å². The van der Waals surface area contributed by atoms with Gasteiger partial charge in [-0.1, -0.05) is 0 Å². The zero-order chi connectivity index (χ0) is 22.2. The van der Waals surface area contributed by atoms with E-state index in [4.69, 9.17) is 14.5 Å². The van der Waals surface area contributed by atoms with E-state index in [0.717, 1.165) is 16.3 Å². The number of fused-ring (bicyclic) bond motifs is 2. The van der Waals surface area contributed by atoms with Crippen molar-refractivity contribution in [3.8, 4) is 22.8 Å². The summed E-state index contributed by atoms with van der Waals surface area (Å²) in [4.78, 5) is 22.5. The molecule has 1 amide bonds. The van der Waals surface area contributed by atoms with Gasteiger partial charge in [-0.05, 0) is 45.0 Å². The molecule has 0 bridgehead atoms. The molecule has 164 valence electrons. The van der Waals surface area contributed by atoms with Crippen molar-refractivity contribution in [1.29, 1.82) is 0 Å². The molecule has 0 fully saturated rings. The van der Waals surface area contributed by atoms with E-state index >= 15 is 0 Å². The average Bonchev–Trinajstić information content (AvgIpc) is 3.42. The lowest BCUT2D eigenvalue weighted by Gasteiger charge is -2.19. The van der Waals surface area contributed by atoms with Gasteiger partial charge in [0.05, 0.1) is 29.4 Å². The van der Waals surface area contributed by atoms with Gasteiger partial charge in [-0.15, -0.1) is 11.3 Å². The summed E-state index contributed by atoms with van der Waals surface area (Å²) in [7, 11) is 0. The quantitative estimate of drug-likeness (QED) is 0.492. The Kier molecular flexibility index (Phi) is 5.26. The third-order valence-electron chi connectivity index (χ3n) is 5.21. The standard InChI is InChI=1S/C23H23N5O3S/c1-13(2)28-22-17(10-25-28)16(23(29)24-11-21-26-14(3)12-32-21)9-18(27-22)15-4-5-19-20(8-15)31-7-6-30-19/h4-5,8-10,12-13H,6-7,11H2,1-3H3,(H,24,29). The number of carbonyl (C=O) groups excluding carboxylic acids is 1. The largest absolute Gasteiger partial charge is 0.486 e. The van der Waals surface area contributed by atoms with Gasteiger partial charge in [-0.25, -0.2) is 14.6 Å². The highest BCUT2D eigenvalue weighted by molar-refractivity contribution is 7.09. The Hall–Kier alpha value is -3.46. The van der Waals surface area contributed by atoms with Crippen molar-refractivity contribution in [2.45, 2.75) is 33.4 Å². The summed E-state index contributed by atoms with van der Waals surface area (Å²) in [6.45, 7) is 7.43. The van der Waals surface area contributed by atoms with Crippen LogP contribution in [-0.2, 0) is 6.54 Å². The van der Waals surface area contributed by atoms with Gasteiger partial charge in [0.15, 0.2) is 17.1 Å². The van der Waals surface area contributed by atoms with Gasteiger partial charge < -0.3 is 14.8 Å². The highest BCUT2D eigenvalue weighted by Crippen LogP contribution is 2.35. The molecule has 9 heteroatoms. The molecule has 4 aromatic rings. The van der Waals surface area contributed by atoms with Crippen molar-refractivity contribution in [3.05, 3.63) is 52.1 Å². The lowest BCUT2D eigenvalue weighted by molar-refractivity contribution is 0.0952. The summed E-state index contributed by atoms with van der Waals surface area (Å²) >= 11 is 1.53. The number of aromatic nitrogens is 4. The summed E-state index contributed by atoms with van der Waals surface area (Å²) in [5.74, 6) is 1.20. The fraction of sp³-hybridized carbons (Fsp3) is 0.304. The maximum atomic E-state index is 13.2. The first-order chi connectivity index (χ1) is 15.5. The lowest BCUT2D eigenvalue weighted by Crippen LogP contribution is -2.23. The van der Waals surface area contributed by atoms with Crippen molar-refractivity contribution in [3.63, 3.8) is 0 Å². The molecule has 0 saturated heterocycles. The number of benzene rings is 1. The summed E-state index contributed by atoms with van der Waals surface area (Å²) in [6, 6.07) is 7.61. The van der Waals surface area contributed by atoms with E-state index in [1.54, 1.807) is 6.20 Å². The Labute approximate surface area is 189 Å². The smallest absolute Gasteiger partial charge is 0.252 e. The summed E-state index contributed by atoms with van der Waals surface area (Å²) in [5, 5.41) is 11.0. The maximum absolute atomic E-state index is 13.2. The van der Waals surface area contributed by atoms with Gasteiger partial charge in [0.1, 0.15) is 18.2 Å². The van der Waals surface area contributed by atoms with E-state index in [1.165, 1.54) is 11.3 Å². The number of carbonyl (C=O) groups is 1. The van der Waals surface area contributed by atoms with E-state index in [0.29, 0.717) is 53.5 Å². The Morgan fingerprint density at radius 1 is 1.19 bits per heavy atom. The monoisotopic (exact) mass is 449 g/mol. The minimum absolute atomic E-state index is 0.102. The van der Waals surface area contributed by atoms with Crippen molar-refractivity contribution < 1.29 is 14.3 Å². The zero-order valence-corrected chi connectivity index (χ0v) is 18.9. The van der Waals surface area contributed by atoms with Crippen molar-refractivity contribution >= 4 is 28.3 Å². The van der Waals surface area contributed by atoms with Crippen LogP contribution in [0.5, 0.6) is 11.5 Å². The number of aryl methyl sites for hydroxylation is 1. The first-order valence-electron chi connectivity index (χ1n) is 10.5. The minimum Gasteiger partial charge on any atom is -0.486 e. The molecule has 1 aromatic carbocycles. The Morgan fingerprint density at radius 2 is 2.00 bits per heavy atom. The van der Waals surface area contributed by atoms with E-state index in [2.05, 4.69) is 15.4 Å². The van der Waals surface area contributed by atoms with Crippen LogP contribution in [0.4, 0.5) is 0 Å². The summed E-state index contributed by atoms with van der Waals surface area (Å²) in [6.07, 6.45) is 1.71. The van der Waals surface area contributed by atoms with Crippen LogP contribution in [0.3, 0.4) is 0 Å². The Balaban J connectivity index is 1.56. The number of nitrogens with zero attached hydrogens (tertiary/aromatic N) is 4. The Morgan fingerprint density at radius 3 is 2.75 bits per heavy atom. The molecule has 8 nitrogen and oxygen atoms in total. The molecule has 3 aromatic heterocycles. The second kappa shape index (κ2) is 8.23. The van der Waals surface area contributed by atoms with Crippen LogP contribution in [0.15, 0.2) is 35.8 Å². The Bertz CT molecular complexity index is 1310. The molecule has 1 aliphatic rings. The third kappa shape index (κ3) is 3.80. The molecule has 0 unspecified atom stereocenters. The van der Waals surface area contributed by atoms with Crippen LogP contribution < -0.4 is 14.8 Å². The molecular weight excluding hydrogens is 426 g/mol. The topological polar surface area (TPSA) is 91.2 Å². The number of pyridine rings is 1. The maximum Gasteiger partial charge on any atom is 0.252 e. The summed E-state index contributed by atoms with van der Waals surface area (Å²) < 4.78 is 13.2. The second-order valence-electron chi connectivity index (χ2n) is 7.90. The van der Waals surface area contributed by atoms with Gasteiger partial charge in [-0.3, -0.25) is 4.79 Å². The van der Waals surface area contributed by atoms with Gasteiger partial charge in [0.25, 0.3) is 5.91 Å². The van der Waals surface area contributed by atoms with Crippen LogP contribution >= 0.6 is 11.3 Å². The number of hydrogen-bond donors (Lipinski definition) is 1. The van der Waals surface area contributed by atoms with Crippen LogP contribution in [0.25, 0.3) is 22.3 Å². The fourth-order valence-electron chi connectivity index (χ4n) is 3.67. The molecular formula is C23H23N5O3S. The first-order valence-corrected chi connectivity index (χ1v) is 11.3. The van der Waals surface area contributed by atoms with E-state index < -0.39 is 0 Å². The van der Waals surface area contributed by atoms with E-state index in [-0.39, 0.29) is 11.9 Å². The molecule has 0 saturated carbocycles. The fourth-order valence-corrected chi connectivity index (χ4v) is 4.38. The molecule has 1 aliphatic heterocycles. The highest BCUT2D eigenvalue weighted by Gasteiger charge is 2.20. The second-order valence-corrected chi connectivity index (χ2v) is 8.84. The molecule has 4 heterocycles. The normalized spacial score (nSPS) is 13.0. The predicted molar refractivity (Wildman–Crippen MR) is 122 cm³/mol. The van der Waals surface area contributed by atoms with Crippen molar-refractivity contribution in [1.82, 2.24) is 25.1 Å². The molecule has 0 radical (unpaired) electrons. The van der Waals surface area contributed by atoms with Crippen molar-refractivity contribution in [2.75, 3.05) is 13.2 Å². The van der Waals surface area contributed by atoms with Crippen molar-refractivity contribution in [2.24, 2.45) is 0 Å². The molecule has 0 spiro atoms. The average molecular weight is 450 g/mol. The SMILES string of the molecule is Cc1csc(CNC(=O)c2cc(-c3ccc4c(c3)OCCO4)nc3c2cnn3C(C)C)n1. The van der Waals surface area contributed by atoms with Crippen LogP contribution in [0, 0.1) is 6.92 Å². The van der Waals surface area contributed by atoms with Gasteiger partial charge in [0.2, 0.25) is 0 Å². The molecule has 0 atom stereocenters. The number of rotatable bonds is 5. The van der Waals surface area contributed by atoms with Gasteiger partial charge in [0, 0.05) is 22.7 Å². The first kappa shape index (κ1) is 20.4. The predicted octanol–water partition coefficient (Wildman–Crippen LogP) is 4.15. The van der Waals surface area contributed by atoms with Crippen LogP contribution in [0.2, 0.25) is 0 Å². The third-order valence-corrected chi connectivity index (χ3v) is 6.17.